The van der Waals surface area contributed by atoms with E-state index in [1.165, 1.54) is 18.4 Å². The highest BCUT2D eigenvalue weighted by Gasteiger charge is 2.33. The second-order valence-corrected chi connectivity index (χ2v) is 6.17. The summed E-state index contributed by atoms with van der Waals surface area (Å²) < 4.78 is 0. The number of hydrazine groups is 1. The molecule has 0 aromatic heterocycles. The number of nitrogens with zero attached hydrogens (tertiary/aromatic N) is 1. The van der Waals surface area contributed by atoms with Crippen LogP contribution in [0.25, 0.3) is 0 Å². The van der Waals surface area contributed by atoms with Crippen LogP contribution in [0.4, 0.5) is 0 Å². The molecule has 2 atom stereocenters. The van der Waals surface area contributed by atoms with E-state index < -0.39 is 0 Å². The summed E-state index contributed by atoms with van der Waals surface area (Å²) >= 11 is 0. The third kappa shape index (κ3) is 4.06. The second kappa shape index (κ2) is 7.23. The molecule has 1 aliphatic heterocycles. The number of carbonyl (C=O) groups excluding carboxylic acids is 1. The Morgan fingerprint density at radius 3 is 2.75 bits per heavy atom. The quantitative estimate of drug-likeness (QED) is 0.702. The molecule has 0 aromatic rings. The summed E-state index contributed by atoms with van der Waals surface area (Å²) in [5, 5.41) is 5.35. The van der Waals surface area contributed by atoms with Crippen LogP contribution in [0.15, 0.2) is 11.6 Å². The van der Waals surface area contributed by atoms with E-state index in [0.29, 0.717) is 0 Å². The van der Waals surface area contributed by atoms with Gasteiger partial charge in [0.2, 0.25) is 5.91 Å². The van der Waals surface area contributed by atoms with Gasteiger partial charge in [-0.15, -0.1) is 0 Å². The van der Waals surface area contributed by atoms with Gasteiger partial charge in [0, 0.05) is 6.54 Å². The van der Waals surface area contributed by atoms with Gasteiger partial charge in [0.05, 0.1) is 6.04 Å². The van der Waals surface area contributed by atoms with Crippen LogP contribution in [-0.2, 0) is 4.79 Å². The van der Waals surface area contributed by atoms with Gasteiger partial charge in [-0.2, -0.15) is 0 Å². The molecular weight excluding hydrogens is 250 g/mol. The lowest BCUT2D eigenvalue weighted by atomic mass is 10.0. The maximum absolute atomic E-state index is 12.5. The van der Waals surface area contributed by atoms with E-state index in [4.69, 9.17) is 0 Å². The van der Waals surface area contributed by atoms with Crippen molar-refractivity contribution in [3.63, 3.8) is 0 Å². The number of carbonyl (C=O) groups is 1. The first kappa shape index (κ1) is 15.5. The van der Waals surface area contributed by atoms with Gasteiger partial charge in [0.25, 0.3) is 0 Å². The molecular formula is C16H29N3O. The average molecular weight is 279 g/mol. The lowest BCUT2D eigenvalue weighted by molar-refractivity contribution is -0.126. The van der Waals surface area contributed by atoms with Crippen LogP contribution in [0.1, 0.15) is 52.4 Å². The van der Waals surface area contributed by atoms with Crippen LogP contribution in [0, 0.1) is 5.92 Å². The first-order valence-corrected chi connectivity index (χ1v) is 8.06. The third-order valence-corrected chi connectivity index (χ3v) is 4.50. The Balaban J connectivity index is 1.95. The minimum Gasteiger partial charge on any atom is -0.348 e. The Morgan fingerprint density at radius 2 is 2.15 bits per heavy atom. The van der Waals surface area contributed by atoms with Crippen molar-refractivity contribution in [3.05, 3.63) is 11.6 Å². The van der Waals surface area contributed by atoms with Crippen LogP contribution in [0.5, 0.6) is 0 Å². The van der Waals surface area contributed by atoms with Crippen molar-refractivity contribution in [2.75, 3.05) is 13.6 Å². The summed E-state index contributed by atoms with van der Waals surface area (Å²) in [5.41, 5.74) is 4.45. The van der Waals surface area contributed by atoms with E-state index in [1.807, 2.05) is 7.05 Å². The van der Waals surface area contributed by atoms with Crippen molar-refractivity contribution in [1.82, 2.24) is 15.8 Å². The maximum atomic E-state index is 12.5. The summed E-state index contributed by atoms with van der Waals surface area (Å²) in [4.78, 5) is 12.5. The molecule has 1 saturated carbocycles. The van der Waals surface area contributed by atoms with Gasteiger partial charge in [-0.1, -0.05) is 31.4 Å². The van der Waals surface area contributed by atoms with E-state index in [2.05, 4.69) is 35.7 Å². The molecule has 0 radical (unpaired) electrons. The predicted octanol–water partition coefficient (Wildman–Crippen LogP) is 2.23. The molecule has 20 heavy (non-hydrogen) atoms. The van der Waals surface area contributed by atoms with Gasteiger partial charge in [-0.25, -0.2) is 5.01 Å². The minimum absolute atomic E-state index is 0.00358. The molecule has 2 unspecified atom stereocenters. The Morgan fingerprint density at radius 1 is 1.40 bits per heavy atom. The molecule has 2 aliphatic rings. The van der Waals surface area contributed by atoms with Gasteiger partial charge >= 0.3 is 0 Å². The number of allylic oxidation sites excluding steroid dienone is 1. The molecule has 114 valence electrons. The molecule has 0 spiro atoms. The molecule has 4 heteroatoms. The lowest BCUT2D eigenvalue weighted by Crippen LogP contribution is -2.50. The Bertz CT molecular complexity index is 363. The highest BCUT2D eigenvalue weighted by Crippen LogP contribution is 2.35. The number of hydrogen-bond acceptors (Lipinski definition) is 3. The van der Waals surface area contributed by atoms with Crippen molar-refractivity contribution in [2.45, 2.75) is 64.5 Å². The van der Waals surface area contributed by atoms with E-state index >= 15 is 0 Å². The van der Waals surface area contributed by atoms with E-state index in [-0.39, 0.29) is 18.0 Å². The predicted molar refractivity (Wildman–Crippen MR) is 82.1 cm³/mol. The highest BCUT2D eigenvalue weighted by atomic mass is 16.2. The zero-order chi connectivity index (χ0) is 14.5. The van der Waals surface area contributed by atoms with Crippen LogP contribution < -0.4 is 10.7 Å². The summed E-state index contributed by atoms with van der Waals surface area (Å²) in [7, 11) is 1.90. The molecule has 1 heterocycles. The largest absolute Gasteiger partial charge is 0.348 e. The smallest absolute Gasteiger partial charge is 0.239 e. The van der Waals surface area contributed by atoms with Crippen molar-refractivity contribution in [1.29, 1.82) is 0 Å². The van der Waals surface area contributed by atoms with Crippen molar-refractivity contribution in [3.8, 4) is 0 Å². The standard InChI is InChI=1S/C16H29N3O/c1-4-6-12(2)14(11-13-8-9-13)18-16(20)15-7-5-10-19(15)17-3/h6,13-15,17H,4-5,7-11H2,1-3H3,(H,18,20). The minimum atomic E-state index is -0.00358. The first-order chi connectivity index (χ1) is 9.65. The van der Waals surface area contributed by atoms with E-state index in [0.717, 1.165) is 38.1 Å². The Hall–Kier alpha value is -0.870. The summed E-state index contributed by atoms with van der Waals surface area (Å²) in [6, 6.07) is 0.227. The van der Waals surface area contributed by atoms with Crippen LogP contribution in [0.2, 0.25) is 0 Å². The summed E-state index contributed by atoms with van der Waals surface area (Å²) in [6.07, 6.45) is 9.11. The zero-order valence-electron chi connectivity index (χ0n) is 13.1. The van der Waals surface area contributed by atoms with Gasteiger partial charge < -0.3 is 5.32 Å². The molecule has 2 N–H and O–H groups in total. The van der Waals surface area contributed by atoms with Crippen LogP contribution >= 0.6 is 0 Å². The SMILES string of the molecule is CCC=C(C)C(CC1CC1)NC(=O)C1CCCN1NC. The monoisotopic (exact) mass is 279 g/mol. The number of amides is 1. The highest BCUT2D eigenvalue weighted by molar-refractivity contribution is 5.82. The molecule has 1 amide bonds. The van der Waals surface area contributed by atoms with E-state index in [9.17, 15) is 4.79 Å². The van der Waals surface area contributed by atoms with Gasteiger partial charge in [0.1, 0.15) is 6.04 Å². The molecule has 0 aromatic carbocycles. The molecule has 1 saturated heterocycles. The Kier molecular flexibility index (Phi) is 5.61. The normalized spacial score (nSPS) is 25.8. The van der Waals surface area contributed by atoms with Gasteiger partial charge in [-0.3, -0.25) is 10.2 Å². The van der Waals surface area contributed by atoms with Crippen LogP contribution in [-0.4, -0.2) is 36.6 Å². The maximum Gasteiger partial charge on any atom is 0.239 e. The number of hydrogen-bond donors (Lipinski definition) is 2. The molecule has 2 fully saturated rings. The molecule has 1 aliphatic carbocycles. The fourth-order valence-electron chi connectivity index (χ4n) is 3.08. The zero-order valence-corrected chi connectivity index (χ0v) is 13.1. The lowest BCUT2D eigenvalue weighted by Gasteiger charge is -2.26. The molecule has 2 rings (SSSR count). The van der Waals surface area contributed by atoms with Crippen molar-refractivity contribution >= 4 is 5.91 Å². The van der Waals surface area contributed by atoms with Gasteiger partial charge in [-0.05, 0) is 45.6 Å². The Labute approximate surface area is 123 Å². The first-order valence-electron chi connectivity index (χ1n) is 8.06. The topological polar surface area (TPSA) is 44.4 Å². The van der Waals surface area contributed by atoms with E-state index in [1.54, 1.807) is 0 Å². The fraction of sp³-hybridized carbons (Fsp3) is 0.812. The fourth-order valence-corrected chi connectivity index (χ4v) is 3.08. The molecule has 0 bridgehead atoms. The average Bonchev–Trinajstić information content (AvgIpc) is 3.11. The van der Waals surface area contributed by atoms with Crippen molar-refractivity contribution < 1.29 is 4.79 Å². The van der Waals surface area contributed by atoms with Crippen LogP contribution in [0.3, 0.4) is 0 Å². The number of nitrogens with one attached hydrogen (secondary N) is 2. The summed E-state index contributed by atoms with van der Waals surface area (Å²) in [6.45, 7) is 5.27. The van der Waals surface area contributed by atoms with Crippen molar-refractivity contribution in [2.24, 2.45) is 5.92 Å². The van der Waals surface area contributed by atoms with Gasteiger partial charge in [0.15, 0.2) is 0 Å². The number of rotatable bonds is 7. The molecule has 4 nitrogen and oxygen atoms in total. The second-order valence-electron chi connectivity index (χ2n) is 6.17. The third-order valence-electron chi connectivity index (χ3n) is 4.50. The summed E-state index contributed by atoms with van der Waals surface area (Å²) in [5.74, 6) is 1.01.